The molecule has 0 saturated carbocycles. The second kappa shape index (κ2) is 9.42. The lowest BCUT2D eigenvalue weighted by molar-refractivity contribution is -0.138. The Hall–Kier alpha value is -0.613. The van der Waals surface area contributed by atoms with Crippen LogP contribution in [0.1, 0.15) is 34.1 Å². The minimum absolute atomic E-state index is 0.279. The summed E-state index contributed by atoms with van der Waals surface area (Å²) in [6.07, 6.45) is 1.18. The van der Waals surface area contributed by atoms with Crippen LogP contribution >= 0.6 is 0 Å². The van der Waals surface area contributed by atoms with E-state index in [0.717, 1.165) is 12.7 Å². The number of hydrogen-bond acceptors (Lipinski definition) is 3. The van der Waals surface area contributed by atoms with Crippen LogP contribution in [0.2, 0.25) is 12.1 Å². The summed E-state index contributed by atoms with van der Waals surface area (Å²) in [5.41, 5.74) is 0.833. The Morgan fingerprint density at radius 1 is 1.35 bits per heavy atom. The number of rotatable bonds is 9. The lowest BCUT2D eigenvalue weighted by atomic mass is 10.4. The summed E-state index contributed by atoms with van der Waals surface area (Å²) in [6, 6.07) is 2.24. The highest BCUT2D eigenvalue weighted by Crippen LogP contribution is 2.11. The van der Waals surface area contributed by atoms with Gasteiger partial charge in [-0.05, 0) is 26.8 Å². The molecule has 17 heavy (non-hydrogen) atoms. The fraction of sp³-hybridized carbons (Fsp3) is 0.769. The van der Waals surface area contributed by atoms with Crippen LogP contribution in [-0.2, 0) is 14.3 Å². The minimum atomic E-state index is -0.965. The molecule has 0 radical (unpaired) electrons. The summed E-state index contributed by atoms with van der Waals surface area (Å²) in [4.78, 5) is 11.2. The lowest BCUT2D eigenvalue weighted by Crippen LogP contribution is -2.32. The van der Waals surface area contributed by atoms with Crippen LogP contribution < -0.4 is 0 Å². The Morgan fingerprint density at radius 3 is 2.47 bits per heavy atom. The first-order chi connectivity index (χ1) is 8.02. The van der Waals surface area contributed by atoms with Gasteiger partial charge in [-0.3, -0.25) is 0 Å². The molecule has 0 amide bonds. The molecule has 2 atom stereocenters. The third-order valence-electron chi connectivity index (χ3n) is 2.82. The largest absolute Gasteiger partial charge is 0.463 e. The Labute approximate surface area is 107 Å². The van der Waals surface area contributed by atoms with Gasteiger partial charge < -0.3 is 9.47 Å². The Bertz CT molecular complexity index is 241. The van der Waals surface area contributed by atoms with E-state index in [-0.39, 0.29) is 5.97 Å². The van der Waals surface area contributed by atoms with E-state index in [2.05, 4.69) is 20.4 Å². The fourth-order valence-corrected chi connectivity index (χ4v) is 4.66. The van der Waals surface area contributed by atoms with Gasteiger partial charge in [-0.25, -0.2) is 4.79 Å². The van der Waals surface area contributed by atoms with E-state index >= 15 is 0 Å². The van der Waals surface area contributed by atoms with Gasteiger partial charge in [0.05, 0.1) is 15.4 Å². The van der Waals surface area contributed by atoms with Gasteiger partial charge in [0.2, 0.25) is 0 Å². The molecule has 0 aliphatic heterocycles. The van der Waals surface area contributed by atoms with Crippen LogP contribution in [-0.4, -0.2) is 33.7 Å². The fourth-order valence-electron chi connectivity index (χ4n) is 1.81. The molecular formula is C13H26O3Si. The Balaban J connectivity index is 4.00. The molecule has 0 aromatic carbocycles. The third kappa shape index (κ3) is 7.34. The number of hydrogen-bond donors (Lipinski definition) is 0. The van der Waals surface area contributed by atoms with Gasteiger partial charge in [0, 0.05) is 17.9 Å². The van der Waals surface area contributed by atoms with E-state index in [1.165, 1.54) is 12.5 Å². The van der Waals surface area contributed by atoms with Crippen LogP contribution in [0.5, 0.6) is 0 Å². The first-order valence-corrected chi connectivity index (χ1v) is 8.77. The summed E-state index contributed by atoms with van der Waals surface area (Å²) in [6.45, 7) is 12.9. The van der Waals surface area contributed by atoms with Crippen molar-refractivity contribution >= 4 is 14.8 Å². The first kappa shape index (κ1) is 16.4. The zero-order chi connectivity index (χ0) is 13.3. The summed E-state index contributed by atoms with van der Waals surface area (Å²) < 4.78 is 10.8. The van der Waals surface area contributed by atoms with Gasteiger partial charge >= 0.3 is 5.97 Å². The lowest BCUT2D eigenvalue weighted by Gasteiger charge is -2.21. The quantitative estimate of drug-likeness (QED) is 0.362. The molecular weight excluding hydrogens is 232 g/mol. The second-order valence-corrected chi connectivity index (χ2v) is 8.03. The average Bonchev–Trinajstić information content (AvgIpc) is 2.27. The van der Waals surface area contributed by atoms with Gasteiger partial charge in [0.1, 0.15) is 0 Å². The molecule has 2 unspecified atom stereocenters. The van der Waals surface area contributed by atoms with E-state index in [0.29, 0.717) is 17.9 Å². The van der Waals surface area contributed by atoms with Crippen LogP contribution in [0, 0.1) is 0 Å². The molecule has 0 saturated heterocycles. The SMILES string of the molecule is C=C(C)C(=O)OCC[SiH](CCC)C(C)OCC. The zero-order valence-corrected chi connectivity index (χ0v) is 12.8. The zero-order valence-electron chi connectivity index (χ0n) is 11.6. The molecule has 4 heteroatoms. The average molecular weight is 258 g/mol. The molecule has 0 aliphatic rings. The van der Waals surface area contributed by atoms with Crippen LogP contribution in [0.25, 0.3) is 0 Å². The molecule has 0 spiro atoms. The van der Waals surface area contributed by atoms with E-state index in [4.69, 9.17) is 9.47 Å². The van der Waals surface area contributed by atoms with Crippen molar-refractivity contribution in [3.05, 3.63) is 12.2 Å². The van der Waals surface area contributed by atoms with Crippen molar-refractivity contribution in [3.8, 4) is 0 Å². The second-order valence-electron chi connectivity index (χ2n) is 4.41. The Morgan fingerprint density at radius 2 is 2.00 bits per heavy atom. The van der Waals surface area contributed by atoms with Crippen LogP contribution in [0.3, 0.4) is 0 Å². The topological polar surface area (TPSA) is 35.5 Å². The maximum Gasteiger partial charge on any atom is 0.333 e. The molecule has 0 heterocycles. The Kier molecular flexibility index (Phi) is 9.08. The summed E-state index contributed by atoms with van der Waals surface area (Å²) in [5.74, 6) is -0.279. The van der Waals surface area contributed by atoms with Crippen LogP contribution in [0.15, 0.2) is 12.2 Å². The molecule has 3 nitrogen and oxygen atoms in total. The van der Waals surface area contributed by atoms with Crippen LogP contribution in [0.4, 0.5) is 0 Å². The number of carbonyl (C=O) groups excluding carboxylic acids is 1. The number of esters is 1. The van der Waals surface area contributed by atoms with Gasteiger partial charge in [0.15, 0.2) is 0 Å². The number of carbonyl (C=O) groups is 1. The molecule has 0 aromatic heterocycles. The standard InChI is InChI=1S/C13H26O3Si/c1-6-9-17(12(5)15-7-2)10-8-16-13(14)11(3)4/h12,17H,3,6-10H2,1-2,4-5H3. The van der Waals surface area contributed by atoms with Crippen molar-refractivity contribution in [2.24, 2.45) is 0 Å². The van der Waals surface area contributed by atoms with Crippen molar-refractivity contribution in [1.29, 1.82) is 0 Å². The smallest absolute Gasteiger partial charge is 0.333 e. The third-order valence-corrected chi connectivity index (χ3v) is 6.64. The van der Waals surface area contributed by atoms with E-state index in [1.807, 2.05) is 6.92 Å². The predicted octanol–water partition coefficient (Wildman–Crippen LogP) is 2.71. The van der Waals surface area contributed by atoms with E-state index < -0.39 is 8.80 Å². The van der Waals surface area contributed by atoms with E-state index in [9.17, 15) is 4.79 Å². The molecule has 0 fully saturated rings. The highest BCUT2D eigenvalue weighted by atomic mass is 28.3. The van der Waals surface area contributed by atoms with Crippen molar-refractivity contribution in [2.45, 2.75) is 51.9 Å². The molecule has 0 aromatic rings. The van der Waals surface area contributed by atoms with Crippen molar-refractivity contribution in [3.63, 3.8) is 0 Å². The molecule has 0 bridgehead atoms. The molecule has 0 rings (SSSR count). The summed E-state index contributed by atoms with van der Waals surface area (Å²) >= 11 is 0. The molecule has 0 aliphatic carbocycles. The first-order valence-electron chi connectivity index (χ1n) is 6.47. The number of ether oxygens (including phenoxy) is 2. The normalized spacial score (nSPS) is 14.1. The van der Waals surface area contributed by atoms with Crippen molar-refractivity contribution < 1.29 is 14.3 Å². The van der Waals surface area contributed by atoms with Gasteiger partial charge in [-0.2, -0.15) is 0 Å². The predicted molar refractivity (Wildman–Crippen MR) is 73.9 cm³/mol. The highest BCUT2D eigenvalue weighted by Gasteiger charge is 2.19. The maximum atomic E-state index is 11.2. The summed E-state index contributed by atoms with van der Waals surface area (Å²) in [5, 5.41) is 0. The molecule has 0 N–H and O–H groups in total. The van der Waals surface area contributed by atoms with Gasteiger partial charge in [-0.15, -0.1) is 0 Å². The van der Waals surface area contributed by atoms with E-state index in [1.54, 1.807) is 6.92 Å². The summed E-state index contributed by atoms with van der Waals surface area (Å²) in [7, 11) is -0.965. The molecule has 100 valence electrons. The van der Waals surface area contributed by atoms with Crippen molar-refractivity contribution in [1.82, 2.24) is 0 Å². The highest BCUT2D eigenvalue weighted by molar-refractivity contribution is 6.60. The van der Waals surface area contributed by atoms with Gasteiger partial charge in [-0.1, -0.05) is 26.0 Å². The minimum Gasteiger partial charge on any atom is -0.463 e. The van der Waals surface area contributed by atoms with Crippen molar-refractivity contribution in [2.75, 3.05) is 13.2 Å². The maximum absolute atomic E-state index is 11.2. The van der Waals surface area contributed by atoms with Gasteiger partial charge in [0.25, 0.3) is 0 Å². The monoisotopic (exact) mass is 258 g/mol.